The topological polar surface area (TPSA) is 235 Å². The molecule has 53 heavy (non-hydrogen) atoms. The highest BCUT2D eigenvalue weighted by Crippen LogP contribution is 2.35. The molecular weight excluding hydrogens is 753 g/mol. The van der Waals surface area contributed by atoms with Gasteiger partial charge in [-0.05, 0) is 49.5 Å². The summed E-state index contributed by atoms with van der Waals surface area (Å²) in [7, 11) is -2.39. The second-order valence-corrected chi connectivity index (χ2v) is 14.5. The molecule has 3 aromatic rings. The largest absolute Gasteiger partial charge is 0.481 e. The van der Waals surface area contributed by atoms with Crippen molar-refractivity contribution in [3.8, 4) is 0 Å². The summed E-state index contributed by atoms with van der Waals surface area (Å²) in [5, 5.41) is 49.8. The molecule has 20 heteroatoms. The van der Waals surface area contributed by atoms with Crippen LogP contribution in [0.25, 0.3) is 10.9 Å². The molecule has 1 aliphatic rings. The summed E-state index contributed by atoms with van der Waals surface area (Å²) in [6, 6.07) is 14.4. The molecule has 2 heterocycles. The van der Waals surface area contributed by atoms with Crippen molar-refractivity contribution in [1.82, 2.24) is 14.8 Å². The van der Waals surface area contributed by atoms with E-state index in [2.05, 4.69) is 10.3 Å². The lowest BCUT2D eigenvalue weighted by molar-refractivity contribution is -0.170. The van der Waals surface area contributed by atoms with Gasteiger partial charge in [0.1, 0.15) is 5.75 Å². The maximum atomic E-state index is 13.1. The van der Waals surface area contributed by atoms with Gasteiger partial charge in [0.2, 0.25) is 0 Å². The zero-order chi connectivity index (χ0) is 39.8. The number of halogens is 4. The van der Waals surface area contributed by atoms with Gasteiger partial charge in [-0.3, -0.25) is 19.4 Å². The fraction of sp³-hybridized carbons (Fsp3) is 0.364. The zero-order valence-corrected chi connectivity index (χ0v) is 29.5. The Morgan fingerprint density at radius 3 is 2.19 bits per heavy atom. The number of carbonyl (C=O) groups excluding carboxylic acids is 1. The minimum atomic E-state index is -4.71. The standard InChI is InChI=1S/C27H28ClF3N4O4S.C6H8O7/c1-34(12-11-33-23-9-10-32-24-15-20(28)7-8-22(23)24)13-14-35-25(36)19(17-27(29,30)31)16-26(35,37)18-40(38,39)21-5-3-2-4-6-21;7-3(8)1-6(13,5(11)12)2-4(9)10/h2-10,15-16,37H,11-14,17-18H2,1H3,(H,32,33);13H,1-2H2,(H,7,8)(H,9,10)(H,11,12). The Morgan fingerprint density at radius 2 is 1.62 bits per heavy atom. The number of carboxylic acids is 3. The zero-order valence-electron chi connectivity index (χ0n) is 28.0. The molecule has 1 aliphatic heterocycles. The molecule has 1 unspecified atom stereocenters. The van der Waals surface area contributed by atoms with Gasteiger partial charge < -0.3 is 40.6 Å². The molecule has 0 aliphatic carbocycles. The van der Waals surface area contributed by atoms with Crippen LogP contribution < -0.4 is 5.32 Å². The number of aliphatic hydroxyl groups is 2. The van der Waals surface area contributed by atoms with E-state index in [4.69, 9.17) is 32.0 Å². The number of hydrogen-bond acceptors (Lipinski definition) is 11. The number of carbonyl (C=O) groups is 4. The monoisotopic (exact) mass is 788 g/mol. The van der Waals surface area contributed by atoms with Crippen molar-refractivity contribution in [3.63, 3.8) is 0 Å². The number of aromatic nitrogens is 1. The first-order valence-electron chi connectivity index (χ1n) is 15.5. The average molecular weight is 789 g/mol. The molecule has 1 amide bonds. The predicted molar refractivity (Wildman–Crippen MR) is 184 cm³/mol. The number of benzene rings is 2. The lowest BCUT2D eigenvalue weighted by atomic mass is 9.96. The SMILES string of the molecule is CN(CCNc1ccnc2cc(Cl)ccc12)CCN1C(=O)C(CC(F)(F)F)=CC1(O)CS(=O)(=O)c1ccccc1.O=C(O)CC(O)(CC(=O)O)C(=O)O. The summed E-state index contributed by atoms with van der Waals surface area (Å²) in [6.07, 6.45) is -6.18. The minimum Gasteiger partial charge on any atom is -0.481 e. The Bertz CT molecular complexity index is 1950. The molecular formula is C33H36ClF3N4O11S. The smallest absolute Gasteiger partial charge is 0.393 e. The summed E-state index contributed by atoms with van der Waals surface area (Å²) in [5.74, 6) is -7.03. The van der Waals surface area contributed by atoms with Crippen molar-refractivity contribution in [2.45, 2.75) is 41.7 Å². The third-order valence-corrected chi connectivity index (χ3v) is 9.82. The number of aliphatic carboxylic acids is 3. The van der Waals surface area contributed by atoms with Gasteiger partial charge in [-0.2, -0.15) is 13.2 Å². The van der Waals surface area contributed by atoms with Gasteiger partial charge in [0.05, 0.1) is 29.7 Å². The van der Waals surface area contributed by atoms with E-state index in [0.717, 1.165) is 27.6 Å². The molecule has 0 radical (unpaired) electrons. The van der Waals surface area contributed by atoms with Crippen LogP contribution in [-0.2, 0) is 29.0 Å². The highest BCUT2D eigenvalue weighted by Gasteiger charge is 2.49. The van der Waals surface area contributed by atoms with Gasteiger partial charge >= 0.3 is 24.1 Å². The van der Waals surface area contributed by atoms with Gasteiger partial charge in [-0.25, -0.2) is 13.2 Å². The van der Waals surface area contributed by atoms with Crippen LogP contribution in [0.1, 0.15) is 19.3 Å². The number of anilines is 1. The van der Waals surface area contributed by atoms with Crippen LogP contribution in [0, 0.1) is 0 Å². The lowest BCUT2D eigenvalue weighted by Crippen LogP contribution is -2.53. The second kappa shape index (κ2) is 17.3. The first kappa shape index (κ1) is 42.6. The van der Waals surface area contributed by atoms with Crippen molar-refractivity contribution in [2.75, 3.05) is 44.3 Å². The number of carboxylic acid groups (broad SMARTS) is 3. The van der Waals surface area contributed by atoms with Gasteiger partial charge in [-0.15, -0.1) is 0 Å². The second-order valence-electron chi connectivity index (χ2n) is 12.1. The van der Waals surface area contributed by atoms with E-state index in [1.807, 2.05) is 17.0 Å². The van der Waals surface area contributed by atoms with Gasteiger partial charge in [0, 0.05) is 54.0 Å². The number of nitrogens with one attached hydrogen (secondary N) is 1. The number of nitrogens with zero attached hydrogens (tertiary/aromatic N) is 3. The maximum Gasteiger partial charge on any atom is 0.393 e. The predicted octanol–water partition coefficient (Wildman–Crippen LogP) is 2.87. The van der Waals surface area contributed by atoms with E-state index in [1.165, 1.54) is 24.3 Å². The fourth-order valence-electron chi connectivity index (χ4n) is 5.27. The Balaban J connectivity index is 0.000000496. The highest BCUT2D eigenvalue weighted by atomic mass is 35.5. The molecule has 15 nitrogen and oxygen atoms in total. The summed E-state index contributed by atoms with van der Waals surface area (Å²) in [4.78, 5) is 50.2. The van der Waals surface area contributed by atoms with E-state index >= 15 is 0 Å². The first-order valence-corrected chi connectivity index (χ1v) is 17.5. The Hall–Kier alpha value is -4.82. The molecule has 288 valence electrons. The molecule has 0 bridgehead atoms. The molecule has 1 atom stereocenters. The molecule has 2 aromatic carbocycles. The third-order valence-electron chi connectivity index (χ3n) is 7.79. The van der Waals surface area contributed by atoms with Crippen LogP contribution in [0.5, 0.6) is 0 Å². The van der Waals surface area contributed by atoms with E-state index < -0.39 is 81.7 Å². The number of hydrogen-bond donors (Lipinski definition) is 6. The average Bonchev–Trinajstić information content (AvgIpc) is 3.25. The highest BCUT2D eigenvalue weighted by molar-refractivity contribution is 7.91. The molecule has 6 N–H and O–H groups in total. The number of likely N-dealkylation sites (N-methyl/N-ethyl adjacent to an activating group) is 1. The van der Waals surface area contributed by atoms with Crippen LogP contribution in [-0.4, -0.2) is 129 Å². The number of amides is 1. The number of pyridine rings is 1. The summed E-state index contributed by atoms with van der Waals surface area (Å²) in [6.45, 7) is 0.936. The van der Waals surface area contributed by atoms with Crippen molar-refractivity contribution >= 4 is 61.8 Å². The Kier molecular flexibility index (Phi) is 13.9. The lowest BCUT2D eigenvalue weighted by Gasteiger charge is -2.34. The van der Waals surface area contributed by atoms with Gasteiger partial charge in [0.15, 0.2) is 21.2 Å². The fourth-order valence-corrected chi connectivity index (χ4v) is 6.97. The third kappa shape index (κ3) is 12.1. The number of fused-ring (bicyclic) bond motifs is 1. The van der Waals surface area contributed by atoms with Crippen LogP contribution >= 0.6 is 11.6 Å². The van der Waals surface area contributed by atoms with E-state index in [-0.39, 0.29) is 18.0 Å². The molecule has 0 spiro atoms. The van der Waals surface area contributed by atoms with Crippen molar-refractivity contribution < 1.29 is 66.3 Å². The quantitative estimate of drug-likeness (QED) is 0.123. The number of alkyl halides is 3. The van der Waals surface area contributed by atoms with E-state index in [1.54, 1.807) is 31.4 Å². The van der Waals surface area contributed by atoms with Crippen molar-refractivity contribution in [3.05, 3.63) is 77.5 Å². The number of sulfone groups is 1. The van der Waals surface area contributed by atoms with E-state index in [9.17, 15) is 45.9 Å². The molecule has 0 fully saturated rings. The Labute approximate surface area is 305 Å². The maximum absolute atomic E-state index is 13.1. The normalized spacial score (nSPS) is 16.3. The summed E-state index contributed by atoms with van der Waals surface area (Å²) in [5.41, 5.74) is -4.29. The molecule has 0 saturated heterocycles. The van der Waals surface area contributed by atoms with Gasteiger partial charge in [0.25, 0.3) is 5.91 Å². The summed E-state index contributed by atoms with van der Waals surface area (Å²) < 4.78 is 65.4. The Morgan fingerprint density at radius 1 is 1.00 bits per heavy atom. The molecule has 4 rings (SSSR count). The van der Waals surface area contributed by atoms with Crippen LogP contribution in [0.4, 0.5) is 18.9 Å². The van der Waals surface area contributed by atoms with E-state index in [0.29, 0.717) is 18.1 Å². The van der Waals surface area contributed by atoms with Crippen molar-refractivity contribution in [1.29, 1.82) is 0 Å². The summed E-state index contributed by atoms with van der Waals surface area (Å²) >= 11 is 6.04. The van der Waals surface area contributed by atoms with Crippen LogP contribution in [0.15, 0.2) is 77.3 Å². The first-order chi connectivity index (χ1) is 24.5. The number of rotatable bonds is 16. The van der Waals surface area contributed by atoms with Crippen LogP contribution in [0.3, 0.4) is 0 Å². The minimum absolute atomic E-state index is 0.109. The van der Waals surface area contributed by atoms with Gasteiger partial charge in [-0.1, -0.05) is 29.8 Å². The molecule has 0 saturated carbocycles. The molecule has 1 aromatic heterocycles. The van der Waals surface area contributed by atoms with Crippen LogP contribution in [0.2, 0.25) is 5.02 Å². The van der Waals surface area contributed by atoms with Crippen molar-refractivity contribution in [2.24, 2.45) is 0 Å².